The summed E-state index contributed by atoms with van der Waals surface area (Å²) in [5.74, 6) is 0. The Morgan fingerprint density at radius 2 is 1.29 bits per heavy atom. The molecule has 2 aliphatic rings. The zero-order valence-corrected chi connectivity index (χ0v) is 32.1. The lowest BCUT2D eigenvalue weighted by molar-refractivity contribution is 0.122. The average molecular weight is 835 g/mol. The average Bonchev–Trinajstić information content (AvgIpc) is 3.97. The van der Waals surface area contributed by atoms with Gasteiger partial charge in [-0.25, -0.2) is 9.26 Å². The smallest absolute Gasteiger partial charge is 0.317 e. The van der Waals surface area contributed by atoms with Gasteiger partial charge < -0.3 is 35.2 Å². The molecule has 0 saturated carbocycles. The molecule has 25 heteroatoms. The first-order chi connectivity index (χ1) is 25.1. The monoisotopic (exact) mass is 833 g/mol. The van der Waals surface area contributed by atoms with Crippen LogP contribution >= 0.6 is 55.6 Å². The van der Waals surface area contributed by atoms with Gasteiger partial charge in [0, 0.05) is 54.6 Å². The second kappa shape index (κ2) is 17.3. The summed E-state index contributed by atoms with van der Waals surface area (Å²) < 4.78 is 39.0. The van der Waals surface area contributed by atoms with E-state index in [1.165, 1.54) is 22.7 Å². The Bertz CT molecular complexity index is 2200. The highest BCUT2D eigenvalue weighted by Gasteiger charge is 2.23. The van der Waals surface area contributed by atoms with Crippen LogP contribution in [0.4, 0.5) is 38.1 Å². The molecule has 0 aliphatic carbocycles. The van der Waals surface area contributed by atoms with E-state index in [0.29, 0.717) is 50.7 Å². The summed E-state index contributed by atoms with van der Waals surface area (Å²) in [5, 5.41) is 45.4. The number of nitrogens with one attached hydrogen (secondary N) is 3. The third-order valence-corrected chi connectivity index (χ3v) is 9.59. The summed E-state index contributed by atoms with van der Waals surface area (Å²) in [6, 6.07) is 5.87. The molecule has 6 heterocycles. The van der Waals surface area contributed by atoms with Gasteiger partial charge in [-0.2, -0.15) is 8.42 Å². The first-order valence-electron chi connectivity index (χ1n) is 15.5. The first kappa shape index (κ1) is 37.8. The molecule has 6 aromatic rings. The summed E-state index contributed by atoms with van der Waals surface area (Å²) >= 11 is 9.39. The van der Waals surface area contributed by atoms with Crippen molar-refractivity contribution in [2.45, 2.75) is 13.3 Å². The van der Waals surface area contributed by atoms with E-state index in [0.717, 1.165) is 78.5 Å². The van der Waals surface area contributed by atoms with Crippen molar-refractivity contribution in [2.75, 3.05) is 85.4 Å². The van der Waals surface area contributed by atoms with Crippen LogP contribution in [-0.4, -0.2) is 109 Å². The van der Waals surface area contributed by atoms with Gasteiger partial charge in [0.05, 0.1) is 54.2 Å². The standard InChI is InChI=1S/C14H16N6O2S.C13H14ClN7O2S.Cl2O2S/c1-2-11-16-17-14(23-11)15-9-3-4-10(13-12(9)18-22-19-13)20-5-7-21-8-6-20;1-15-12-17-18-13(24-12)16-9-7(14)6-8(10-11(9)20-23-19-10)21-2-4-22-5-3-21;1-5(2,3)4/h3-4H,2,5-8H2,1H3,(H,15,17);6H,2-5H2,1H3,(H,15,17)(H,16,18);. The lowest BCUT2D eigenvalue weighted by Crippen LogP contribution is -2.36. The van der Waals surface area contributed by atoms with Crippen molar-refractivity contribution in [3.8, 4) is 0 Å². The van der Waals surface area contributed by atoms with E-state index in [2.05, 4.69) is 95.1 Å². The van der Waals surface area contributed by atoms with Gasteiger partial charge in [-0.15, -0.1) is 20.4 Å². The molecule has 8 rings (SSSR count). The molecular formula is C27H30Cl3N13O6S3. The van der Waals surface area contributed by atoms with E-state index in [9.17, 15) is 0 Å². The van der Waals surface area contributed by atoms with Gasteiger partial charge >= 0.3 is 8.26 Å². The van der Waals surface area contributed by atoms with Gasteiger partial charge in [0.1, 0.15) is 5.01 Å². The van der Waals surface area contributed by atoms with Crippen LogP contribution in [0.25, 0.3) is 22.1 Å². The topological polar surface area (TPSA) is 225 Å². The van der Waals surface area contributed by atoms with E-state index in [1.54, 1.807) is 7.05 Å². The first-order valence-corrected chi connectivity index (χ1v) is 20.6. The summed E-state index contributed by atoms with van der Waals surface area (Å²) in [7, 11) is 6.60. The molecule has 0 amide bonds. The van der Waals surface area contributed by atoms with E-state index >= 15 is 0 Å². The predicted octanol–water partition coefficient (Wildman–Crippen LogP) is 5.28. The minimum Gasteiger partial charge on any atom is -0.378 e. The maximum Gasteiger partial charge on any atom is 0.317 e. The third-order valence-electron chi connectivity index (χ3n) is 7.45. The van der Waals surface area contributed by atoms with Gasteiger partial charge in [-0.1, -0.05) is 41.2 Å². The number of hydrogen-bond acceptors (Lipinski definition) is 21. The third kappa shape index (κ3) is 9.55. The largest absolute Gasteiger partial charge is 0.378 e. The minimum atomic E-state index is -3.72. The Hall–Kier alpha value is -3.90. The SMILES string of the molecule is CCc1nnc(Nc2ccc(N3CCOCC3)c3nonc23)s1.CNc1nnc(Nc2c(Cl)cc(N3CCOCC3)c3nonc23)s1.O=S(=O)(Cl)Cl. The van der Waals surface area contributed by atoms with Crippen LogP contribution in [0, 0.1) is 0 Å². The molecule has 2 saturated heterocycles. The number of morpholine rings is 2. The summed E-state index contributed by atoms with van der Waals surface area (Å²) in [6.07, 6.45) is 0.871. The molecule has 3 N–H and O–H groups in total. The van der Waals surface area contributed by atoms with E-state index < -0.39 is 8.26 Å². The highest BCUT2D eigenvalue weighted by Crippen LogP contribution is 2.39. The fourth-order valence-corrected chi connectivity index (χ4v) is 6.65. The molecule has 2 fully saturated rings. The van der Waals surface area contributed by atoms with Crippen LogP contribution in [0.3, 0.4) is 0 Å². The summed E-state index contributed by atoms with van der Waals surface area (Å²) in [6.45, 7) is 8.05. The van der Waals surface area contributed by atoms with Gasteiger partial charge in [-0.3, -0.25) is 0 Å². The zero-order valence-electron chi connectivity index (χ0n) is 27.4. The van der Waals surface area contributed by atoms with Crippen molar-refractivity contribution in [3.05, 3.63) is 28.2 Å². The number of fused-ring (bicyclic) bond motifs is 2. The van der Waals surface area contributed by atoms with Crippen LogP contribution < -0.4 is 25.8 Å². The minimum absolute atomic E-state index is 0.515. The number of rotatable bonds is 8. The van der Waals surface area contributed by atoms with Gasteiger partial charge in [-0.05, 0) is 45.2 Å². The van der Waals surface area contributed by atoms with Crippen LogP contribution in [0.1, 0.15) is 11.9 Å². The lowest BCUT2D eigenvalue weighted by Gasteiger charge is -2.29. The van der Waals surface area contributed by atoms with E-state index in [-0.39, 0.29) is 0 Å². The van der Waals surface area contributed by atoms with Gasteiger partial charge in [0.15, 0.2) is 22.1 Å². The Morgan fingerprint density at radius 3 is 1.88 bits per heavy atom. The molecule has 19 nitrogen and oxygen atoms in total. The molecule has 0 unspecified atom stereocenters. The quantitative estimate of drug-likeness (QED) is 0.166. The lowest BCUT2D eigenvalue weighted by atomic mass is 10.2. The molecule has 0 spiro atoms. The second-order valence-electron chi connectivity index (χ2n) is 10.7. The van der Waals surface area contributed by atoms with Crippen LogP contribution in [0.15, 0.2) is 27.5 Å². The Labute approximate surface area is 317 Å². The predicted molar refractivity (Wildman–Crippen MR) is 201 cm³/mol. The normalized spacial score (nSPS) is 14.8. The second-order valence-corrected chi connectivity index (χ2v) is 16.8. The number of ether oxygens (including phenoxy) is 2. The Balaban J connectivity index is 0.000000158. The van der Waals surface area contributed by atoms with E-state index in [1.807, 2.05) is 18.2 Å². The molecule has 52 heavy (non-hydrogen) atoms. The summed E-state index contributed by atoms with van der Waals surface area (Å²) in [5.41, 5.74) is 5.98. The molecule has 4 aromatic heterocycles. The highest BCUT2D eigenvalue weighted by molar-refractivity contribution is 8.31. The highest BCUT2D eigenvalue weighted by atomic mass is 36.0. The number of nitrogens with zero attached hydrogens (tertiary/aromatic N) is 10. The van der Waals surface area contributed by atoms with Crippen molar-refractivity contribution in [3.63, 3.8) is 0 Å². The van der Waals surface area contributed by atoms with Crippen molar-refractivity contribution >= 4 is 124 Å². The molecule has 0 radical (unpaired) electrons. The molecule has 2 aromatic carbocycles. The molecule has 2 aliphatic heterocycles. The Morgan fingerprint density at radius 1 is 0.750 bits per heavy atom. The molecule has 0 bridgehead atoms. The fourth-order valence-electron chi connectivity index (χ4n) is 5.12. The number of halogens is 3. The maximum atomic E-state index is 9.16. The van der Waals surface area contributed by atoms with Crippen molar-refractivity contribution in [1.82, 2.24) is 41.0 Å². The van der Waals surface area contributed by atoms with Gasteiger partial charge in [0.2, 0.25) is 15.4 Å². The summed E-state index contributed by atoms with van der Waals surface area (Å²) in [4.78, 5) is 4.40. The van der Waals surface area contributed by atoms with Crippen LogP contribution in [-0.2, 0) is 24.2 Å². The molecule has 0 atom stereocenters. The number of benzene rings is 2. The molecular weight excluding hydrogens is 805 g/mol. The van der Waals surface area contributed by atoms with Crippen molar-refractivity contribution in [2.24, 2.45) is 0 Å². The van der Waals surface area contributed by atoms with Crippen molar-refractivity contribution in [1.29, 1.82) is 0 Å². The maximum absolute atomic E-state index is 9.16. The fraction of sp³-hybridized carbons (Fsp3) is 0.407. The van der Waals surface area contributed by atoms with Crippen LogP contribution in [0.5, 0.6) is 0 Å². The number of aryl methyl sites for hydroxylation is 1. The number of hydrogen-bond donors (Lipinski definition) is 3. The number of anilines is 7. The van der Waals surface area contributed by atoms with E-state index in [4.69, 9.17) is 38.8 Å². The van der Waals surface area contributed by atoms with Crippen molar-refractivity contribution < 1.29 is 27.1 Å². The Kier molecular flexibility index (Phi) is 12.6. The number of aromatic nitrogens is 8. The van der Waals surface area contributed by atoms with Gasteiger partial charge in [0.25, 0.3) is 0 Å². The van der Waals surface area contributed by atoms with Crippen LogP contribution in [0.2, 0.25) is 5.02 Å². The molecule has 278 valence electrons. The zero-order chi connectivity index (χ0) is 36.7.